The minimum atomic E-state index is -4.32. The predicted octanol–water partition coefficient (Wildman–Crippen LogP) is 2.27. The van der Waals surface area contributed by atoms with E-state index in [2.05, 4.69) is 20.0 Å². The van der Waals surface area contributed by atoms with Gasteiger partial charge >= 0.3 is 6.18 Å². The van der Waals surface area contributed by atoms with Gasteiger partial charge in [-0.25, -0.2) is 9.97 Å². The van der Waals surface area contributed by atoms with Crippen molar-refractivity contribution >= 4 is 17.4 Å². The van der Waals surface area contributed by atoms with Crippen LogP contribution in [0.4, 0.5) is 19.0 Å². The number of halogens is 4. The third-order valence-electron chi connectivity index (χ3n) is 1.83. The lowest BCUT2D eigenvalue weighted by atomic mass is 10.5. The summed E-state index contributed by atoms with van der Waals surface area (Å²) in [5, 5.41) is 3.01. The molecular weight excluding hydrogens is 287 g/mol. The van der Waals surface area contributed by atoms with E-state index in [1.807, 2.05) is 0 Å². The maximum absolute atomic E-state index is 11.8. The third kappa shape index (κ3) is 7.14. The molecule has 1 heterocycles. The Kier molecular flexibility index (Phi) is 6.26. The summed E-state index contributed by atoms with van der Waals surface area (Å²) in [5.74, 6) is 0.788. The van der Waals surface area contributed by atoms with Crippen LogP contribution in [0, 0.1) is 0 Å². The molecule has 0 fully saturated rings. The molecule has 5 nitrogen and oxygen atoms in total. The molecule has 108 valence electrons. The second-order valence-electron chi connectivity index (χ2n) is 3.52. The summed E-state index contributed by atoms with van der Waals surface area (Å²) in [6.07, 6.45) is -4.32. The smallest absolute Gasteiger partial charge is 0.377 e. The van der Waals surface area contributed by atoms with Gasteiger partial charge in [0.2, 0.25) is 0 Å². The van der Waals surface area contributed by atoms with E-state index in [9.17, 15) is 13.2 Å². The van der Waals surface area contributed by atoms with Crippen LogP contribution in [0.2, 0.25) is 5.15 Å². The first-order chi connectivity index (χ1) is 8.90. The monoisotopic (exact) mass is 299 g/mol. The highest BCUT2D eigenvalue weighted by Gasteiger charge is 2.27. The summed E-state index contributed by atoms with van der Waals surface area (Å²) in [5.41, 5.74) is 0. The zero-order valence-corrected chi connectivity index (χ0v) is 10.9. The number of hydrogen-bond acceptors (Lipinski definition) is 5. The Labute approximate surface area is 113 Å². The molecule has 0 aromatic carbocycles. The van der Waals surface area contributed by atoms with Crippen LogP contribution in [0.25, 0.3) is 0 Å². The van der Waals surface area contributed by atoms with Crippen molar-refractivity contribution < 1.29 is 22.6 Å². The van der Waals surface area contributed by atoms with Gasteiger partial charge in [-0.15, -0.1) is 0 Å². The number of alkyl halides is 3. The highest BCUT2D eigenvalue weighted by atomic mass is 35.5. The third-order valence-corrected chi connectivity index (χ3v) is 2.03. The lowest BCUT2D eigenvalue weighted by molar-refractivity contribution is -0.172. The molecule has 0 atom stereocenters. The Morgan fingerprint density at radius 3 is 2.74 bits per heavy atom. The van der Waals surface area contributed by atoms with Gasteiger partial charge in [0.15, 0.2) is 5.82 Å². The normalized spacial score (nSPS) is 11.6. The molecule has 0 saturated carbocycles. The van der Waals surface area contributed by atoms with Crippen LogP contribution < -0.4 is 5.32 Å². The molecule has 0 amide bonds. The summed E-state index contributed by atoms with van der Waals surface area (Å²) in [6, 6.07) is 1.46. The second kappa shape index (κ2) is 7.46. The standard InChI is InChI=1S/C10H13ClF3N3O2/c1-18-5-9-16-7(11)4-8(17-9)15-2-3-19-6-10(12,13)14/h4H,2-3,5-6H2,1H3,(H,15,16,17). The molecule has 19 heavy (non-hydrogen) atoms. The Morgan fingerprint density at radius 1 is 1.37 bits per heavy atom. The first kappa shape index (κ1) is 15.9. The van der Waals surface area contributed by atoms with Crippen LogP contribution in [0.3, 0.4) is 0 Å². The van der Waals surface area contributed by atoms with Crippen molar-refractivity contribution in [1.82, 2.24) is 9.97 Å². The zero-order valence-electron chi connectivity index (χ0n) is 10.1. The van der Waals surface area contributed by atoms with Gasteiger partial charge in [0.1, 0.15) is 24.2 Å². The molecular formula is C10H13ClF3N3O2. The first-order valence-corrected chi connectivity index (χ1v) is 5.69. The van der Waals surface area contributed by atoms with Gasteiger partial charge in [0.25, 0.3) is 0 Å². The lowest BCUT2D eigenvalue weighted by Gasteiger charge is -2.09. The van der Waals surface area contributed by atoms with E-state index in [0.717, 1.165) is 0 Å². The van der Waals surface area contributed by atoms with Crippen molar-refractivity contribution in [3.63, 3.8) is 0 Å². The van der Waals surface area contributed by atoms with Crippen molar-refractivity contribution in [2.24, 2.45) is 0 Å². The van der Waals surface area contributed by atoms with E-state index in [1.54, 1.807) is 0 Å². The fourth-order valence-electron chi connectivity index (χ4n) is 1.19. The number of hydrogen-bond donors (Lipinski definition) is 1. The van der Waals surface area contributed by atoms with Gasteiger partial charge < -0.3 is 14.8 Å². The van der Waals surface area contributed by atoms with Crippen molar-refractivity contribution in [2.75, 3.05) is 32.2 Å². The summed E-state index contributed by atoms with van der Waals surface area (Å²) in [7, 11) is 1.49. The Hall–Kier alpha value is -1.12. The van der Waals surface area contributed by atoms with Gasteiger partial charge in [0, 0.05) is 19.7 Å². The van der Waals surface area contributed by atoms with Gasteiger partial charge in [-0.05, 0) is 0 Å². The maximum Gasteiger partial charge on any atom is 0.411 e. The molecule has 0 bridgehead atoms. The van der Waals surface area contributed by atoms with Gasteiger partial charge in [-0.3, -0.25) is 0 Å². The summed E-state index contributed by atoms with van der Waals surface area (Å²) < 4.78 is 44.7. The van der Waals surface area contributed by atoms with Crippen molar-refractivity contribution in [2.45, 2.75) is 12.8 Å². The fraction of sp³-hybridized carbons (Fsp3) is 0.600. The highest BCUT2D eigenvalue weighted by Crippen LogP contribution is 2.14. The van der Waals surface area contributed by atoms with Gasteiger partial charge in [-0.2, -0.15) is 13.2 Å². The molecule has 0 radical (unpaired) electrons. The number of ether oxygens (including phenoxy) is 2. The Morgan fingerprint density at radius 2 is 2.11 bits per heavy atom. The van der Waals surface area contributed by atoms with Crippen LogP contribution in [0.15, 0.2) is 6.07 Å². The molecule has 0 saturated heterocycles. The number of anilines is 1. The molecule has 0 unspecified atom stereocenters. The van der Waals surface area contributed by atoms with Crippen LogP contribution in [-0.2, 0) is 16.1 Å². The van der Waals surface area contributed by atoms with E-state index in [0.29, 0.717) is 11.6 Å². The summed E-state index contributed by atoms with van der Waals surface area (Å²) >= 11 is 5.76. The van der Waals surface area contributed by atoms with E-state index in [-0.39, 0.29) is 24.9 Å². The highest BCUT2D eigenvalue weighted by molar-refractivity contribution is 6.29. The predicted molar refractivity (Wildman–Crippen MR) is 63.1 cm³/mol. The topological polar surface area (TPSA) is 56.3 Å². The minimum absolute atomic E-state index is 0.0965. The number of nitrogens with zero attached hydrogens (tertiary/aromatic N) is 2. The largest absolute Gasteiger partial charge is 0.411 e. The molecule has 1 aromatic heterocycles. The Balaban J connectivity index is 2.36. The molecule has 0 aliphatic carbocycles. The van der Waals surface area contributed by atoms with E-state index in [1.165, 1.54) is 13.2 Å². The molecule has 0 aliphatic rings. The summed E-state index contributed by atoms with van der Waals surface area (Å²) in [6.45, 7) is -0.996. The average Bonchev–Trinajstić information content (AvgIpc) is 2.26. The van der Waals surface area contributed by atoms with Crippen LogP contribution in [0.1, 0.15) is 5.82 Å². The molecule has 1 rings (SSSR count). The molecule has 0 aliphatic heterocycles. The minimum Gasteiger partial charge on any atom is -0.377 e. The average molecular weight is 300 g/mol. The molecule has 0 spiro atoms. The van der Waals surface area contributed by atoms with Gasteiger partial charge in [0.05, 0.1) is 6.61 Å². The lowest BCUT2D eigenvalue weighted by Crippen LogP contribution is -2.20. The molecule has 1 aromatic rings. The van der Waals surface area contributed by atoms with E-state index < -0.39 is 12.8 Å². The Bertz CT molecular complexity index is 404. The van der Waals surface area contributed by atoms with Crippen LogP contribution in [-0.4, -0.2) is 43.0 Å². The van der Waals surface area contributed by atoms with E-state index >= 15 is 0 Å². The fourth-order valence-corrected chi connectivity index (χ4v) is 1.39. The number of rotatable bonds is 7. The van der Waals surface area contributed by atoms with Crippen molar-refractivity contribution in [1.29, 1.82) is 0 Å². The van der Waals surface area contributed by atoms with Crippen LogP contribution in [0.5, 0.6) is 0 Å². The second-order valence-corrected chi connectivity index (χ2v) is 3.91. The number of nitrogens with one attached hydrogen (secondary N) is 1. The van der Waals surface area contributed by atoms with E-state index in [4.69, 9.17) is 16.3 Å². The number of methoxy groups -OCH3 is 1. The molecule has 1 N–H and O–H groups in total. The van der Waals surface area contributed by atoms with Gasteiger partial charge in [-0.1, -0.05) is 11.6 Å². The summed E-state index contributed by atoms with van der Waals surface area (Å²) in [4.78, 5) is 7.97. The number of aromatic nitrogens is 2. The van der Waals surface area contributed by atoms with Crippen molar-refractivity contribution in [3.8, 4) is 0 Å². The molecule has 9 heteroatoms. The SMILES string of the molecule is COCc1nc(Cl)cc(NCCOCC(F)(F)F)n1. The quantitative estimate of drug-likeness (QED) is 0.618. The van der Waals surface area contributed by atoms with Crippen LogP contribution >= 0.6 is 11.6 Å². The zero-order chi connectivity index (χ0) is 14.3. The van der Waals surface area contributed by atoms with Crippen molar-refractivity contribution in [3.05, 3.63) is 17.0 Å². The first-order valence-electron chi connectivity index (χ1n) is 5.31. The maximum atomic E-state index is 11.8.